The van der Waals surface area contributed by atoms with Gasteiger partial charge in [-0.1, -0.05) is 12.1 Å². The lowest BCUT2D eigenvalue weighted by Crippen LogP contribution is -2.31. The maximum absolute atomic E-state index is 12.4. The molecule has 0 saturated carbocycles. The minimum absolute atomic E-state index is 0.243. The number of amides is 2. The third kappa shape index (κ3) is 2.65. The molecule has 118 valence electrons. The Morgan fingerprint density at radius 1 is 0.913 bits per heavy atom. The molecule has 23 heavy (non-hydrogen) atoms. The molecule has 2 aromatic rings. The standard InChI is InChI=1S/C18H17NO4/c1-22-13-7-8-16(23-2)12(11-13)9-10-19-17(20)14-5-3-4-6-15(14)18(19)21/h3-8,11H,9-10H2,1-2H3. The summed E-state index contributed by atoms with van der Waals surface area (Å²) in [6.07, 6.45) is 0.506. The Hall–Kier alpha value is -2.82. The molecule has 1 aliphatic heterocycles. The molecular formula is C18H17NO4. The van der Waals surface area contributed by atoms with Crippen LogP contribution in [-0.2, 0) is 6.42 Å². The molecule has 0 spiro atoms. The van der Waals surface area contributed by atoms with Crippen LogP contribution in [0.4, 0.5) is 0 Å². The molecule has 0 bridgehead atoms. The van der Waals surface area contributed by atoms with Gasteiger partial charge in [-0.2, -0.15) is 0 Å². The van der Waals surface area contributed by atoms with Gasteiger partial charge in [0.2, 0.25) is 0 Å². The summed E-state index contributed by atoms with van der Waals surface area (Å²) in [5.41, 5.74) is 1.83. The molecule has 5 nitrogen and oxygen atoms in total. The summed E-state index contributed by atoms with van der Waals surface area (Å²) < 4.78 is 10.5. The number of hydrogen-bond donors (Lipinski definition) is 0. The lowest BCUT2D eigenvalue weighted by Gasteiger charge is -2.15. The zero-order valence-electron chi connectivity index (χ0n) is 13.0. The van der Waals surface area contributed by atoms with Crippen LogP contribution in [0.1, 0.15) is 26.3 Å². The van der Waals surface area contributed by atoms with Crippen molar-refractivity contribution in [3.05, 3.63) is 59.2 Å². The molecule has 1 heterocycles. The van der Waals surface area contributed by atoms with Crippen molar-refractivity contribution in [2.24, 2.45) is 0 Å². The molecular weight excluding hydrogens is 294 g/mol. The number of rotatable bonds is 5. The Bertz CT molecular complexity index is 734. The number of imide groups is 1. The van der Waals surface area contributed by atoms with Crippen LogP contribution in [0, 0.1) is 0 Å². The molecule has 0 saturated heterocycles. The second-order valence-electron chi connectivity index (χ2n) is 5.24. The molecule has 1 aliphatic rings. The van der Waals surface area contributed by atoms with E-state index in [2.05, 4.69) is 0 Å². The minimum Gasteiger partial charge on any atom is -0.497 e. The highest BCUT2D eigenvalue weighted by molar-refractivity contribution is 6.21. The van der Waals surface area contributed by atoms with Gasteiger partial charge in [-0.05, 0) is 42.3 Å². The molecule has 3 rings (SSSR count). The zero-order valence-corrected chi connectivity index (χ0v) is 13.0. The van der Waals surface area contributed by atoms with Gasteiger partial charge in [0.1, 0.15) is 11.5 Å². The van der Waals surface area contributed by atoms with Gasteiger partial charge in [0.25, 0.3) is 11.8 Å². The average molecular weight is 311 g/mol. The van der Waals surface area contributed by atoms with Gasteiger partial charge in [0, 0.05) is 6.54 Å². The normalized spacial score (nSPS) is 13.2. The predicted molar refractivity (Wildman–Crippen MR) is 85.1 cm³/mol. The fourth-order valence-corrected chi connectivity index (χ4v) is 2.75. The highest BCUT2D eigenvalue weighted by Crippen LogP contribution is 2.27. The van der Waals surface area contributed by atoms with Crippen molar-refractivity contribution in [3.63, 3.8) is 0 Å². The van der Waals surface area contributed by atoms with E-state index in [1.165, 1.54) is 4.90 Å². The van der Waals surface area contributed by atoms with Crippen LogP contribution in [0.15, 0.2) is 42.5 Å². The first-order chi connectivity index (χ1) is 11.2. The van der Waals surface area contributed by atoms with Crippen molar-refractivity contribution in [3.8, 4) is 11.5 Å². The van der Waals surface area contributed by atoms with Gasteiger partial charge < -0.3 is 9.47 Å². The molecule has 0 unspecified atom stereocenters. The van der Waals surface area contributed by atoms with Crippen LogP contribution in [0.5, 0.6) is 11.5 Å². The van der Waals surface area contributed by atoms with Gasteiger partial charge in [-0.15, -0.1) is 0 Å². The van der Waals surface area contributed by atoms with Crippen molar-refractivity contribution in [2.45, 2.75) is 6.42 Å². The van der Waals surface area contributed by atoms with E-state index in [1.54, 1.807) is 38.5 Å². The fourth-order valence-electron chi connectivity index (χ4n) is 2.75. The summed E-state index contributed by atoms with van der Waals surface area (Å²) >= 11 is 0. The summed E-state index contributed by atoms with van der Waals surface area (Å²) in [7, 11) is 3.18. The quantitative estimate of drug-likeness (QED) is 0.796. The van der Waals surface area contributed by atoms with Gasteiger partial charge >= 0.3 is 0 Å². The highest BCUT2D eigenvalue weighted by Gasteiger charge is 2.34. The summed E-state index contributed by atoms with van der Waals surface area (Å²) in [6.45, 7) is 0.301. The Balaban J connectivity index is 1.80. The summed E-state index contributed by atoms with van der Waals surface area (Å²) in [5, 5.41) is 0. The Labute approximate surface area is 134 Å². The third-order valence-electron chi connectivity index (χ3n) is 3.97. The van der Waals surface area contributed by atoms with Crippen molar-refractivity contribution in [1.29, 1.82) is 0 Å². The van der Waals surface area contributed by atoms with Crippen LogP contribution in [0.2, 0.25) is 0 Å². The summed E-state index contributed by atoms with van der Waals surface area (Å²) in [5.74, 6) is 0.936. The molecule has 5 heteroatoms. The SMILES string of the molecule is COc1ccc(OC)c(CCN2C(=O)c3ccccc3C2=O)c1. The zero-order chi connectivity index (χ0) is 16.4. The van der Waals surface area contributed by atoms with E-state index in [0.717, 1.165) is 5.56 Å². The third-order valence-corrected chi connectivity index (χ3v) is 3.97. The Morgan fingerprint density at radius 2 is 1.57 bits per heavy atom. The number of fused-ring (bicyclic) bond motifs is 1. The maximum Gasteiger partial charge on any atom is 0.261 e. The van der Waals surface area contributed by atoms with E-state index in [-0.39, 0.29) is 11.8 Å². The van der Waals surface area contributed by atoms with E-state index in [1.807, 2.05) is 18.2 Å². The first-order valence-corrected chi connectivity index (χ1v) is 7.32. The second kappa shape index (κ2) is 6.12. The van der Waals surface area contributed by atoms with Crippen molar-refractivity contribution in [2.75, 3.05) is 20.8 Å². The van der Waals surface area contributed by atoms with E-state index in [9.17, 15) is 9.59 Å². The van der Waals surface area contributed by atoms with Gasteiger partial charge in [-0.25, -0.2) is 0 Å². The number of methoxy groups -OCH3 is 2. The van der Waals surface area contributed by atoms with Crippen LogP contribution in [-0.4, -0.2) is 37.5 Å². The largest absolute Gasteiger partial charge is 0.497 e. The van der Waals surface area contributed by atoms with Crippen molar-refractivity contribution >= 4 is 11.8 Å². The van der Waals surface area contributed by atoms with Gasteiger partial charge in [0.15, 0.2) is 0 Å². The molecule has 2 aromatic carbocycles. The highest BCUT2D eigenvalue weighted by atomic mass is 16.5. The molecule has 0 fully saturated rings. The topological polar surface area (TPSA) is 55.8 Å². The van der Waals surface area contributed by atoms with Gasteiger partial charge in [0.05, 0.1) is 25.3 Å². The van der Waals surface area contributed by atoms with Crippen LogP contribution in [0.3, 0.4) is 0 Å². The number of ether oxygens (including phenoxy) is 2. The minimum atomic E-state index is -0.243. The maximum atomic E-state index is 12.4. The fraction of sp³-hybridized carbons (Fsp3) is 0.222. The lowest BCUT2D eigenvalue weighted by molar-refractivity contribution is 0.0656. The summed E-state index contributed by atoms with van der Waals surface area (Å²) in [6, 6.07) is 12.4. The number of benzene rings is 2. The first kappa shape index (κ1) is 15.1. The number of nitrogens with zero attached hydrogens (tertiary/aromatic N) is 1. The summed E-state index contributed by atoms with van der Waals surface area (Å²) in [4.78, 5) is 26.0. The van der Waals surface area contributed by atoms with Crippen molar-refractivity contribution < 1.29 is 19.1 Å². The molecule has 2 amide bonds. The van der Waals surface area contributed by atoms with Gasteiger partial charge in [-0.3, -0.25) is 14.5 Å². The van der Waals surface area contributed by atoms with Crippen molar-refractivity contribution in [1.82, 2.24) is 4.90 Å². The van der Waals surface area contributed by atoms with Crippen LogP contribution < -0.4 is 9.47 Å². The number of carbonyl (C=O) groups is 2. The lowest BCUT2D eigenvalue weighted by atomic mass is 10.1. The monoisotopic (exact) mass is 311 g/mol. The first-order valence-electron chi connectivity index (χ1n) is 7.32. The van der Waals surface area contributed by atoms with E-state index >= 15 is 0 Å². The average Bonchev–Trinajstić information content (AvgIpc) is 2.84. The second-order valence-corrected chi connectivity index (χ2v) is 5.24. The predicted octanol–water partition coefficient (Wildman–Crippen LogP) is 2.54. The molecule has 0 N–H and O–H groups in total. The molecule has 0 aromatic heterocycles. The Morgan fingerprint density at radius 3 is 2.13 bits per heavy atom. The smallest absolute Gasteiger partial charge is 0.261 e. The molecule has 0 atom stereocenters. The van der Waals surface area contributed by atoms with E-state index in [0.29, 0.717) is 35.6 Å². The Kier molecular flexibility index (Phi) is 4.02. The number of hydrogen-bond acceptors (Lipinski definition) is 4. The van der Waals surface area contributed by atoms with Crippen LogP contribution >= 0.6 is 0 Å². The van der Waals surface area contributed by atoms with Crippen LogP contribution in [0.25, 0.3) is 0 Å². The molecule has 0 aliphatic carbocycles. The number of carbonyl (C=O) groups excluding carboxylic acids is 2. The van der Waals surface area contributed by atoms with E-state index < -0.39 is 0 Å². The molecule has 0 radical (unpaired) electrons. The van der Waals surface area contributed by atoms with E-state index in [4.69, 9.17) is 9.47 Å².